The molecular weight excluding hydrogens is 336 g/mol. The summed E-state index contributed by atoms with van der Waals surface area (Å²) in [5.74, 6) is 0.782. The molecule has 1 N–H and O–H groups in total. The number of thiazole rings is 1. The molecule has 0 aliphatic heterocycles. The van der Waals surface area contributed by atoms with Crippen molar-refractivity contribution in [2.45, 2.75) is 19.9 Å². The molecule has 0 radical (unpaired) electrons. The van der Waals surface area contributed by atoms with E-state index in [1.165, 1.54) is 0 Å². The number of benzene rings is 1. The fraction of sp³-hybridized carbons (Fsp3) is 0.278. The highest BCUT2D eigenvalue weighted by molar-refractivity contribution is 7.09. The average molecular weight is 356 g/mol. The van der Waals surface area contributed by atoms with Crippen LogP contribution in [0.3, 0.4) is 0 Å². The molecule has 1 aromatic carbocycles. The van der Waals surface area contributed by atoms with Crippen LogP contribution in [0.1, 0.15) is 10.6 Å². The summed E-state index contributed by atoms with van der Waals surface area (Å²) in [6, 6.07) is 7.83. The lowest BCUT2D eigenvalue weighted by molar-refractivity contribution is -0.121. The molecule has 6 nitrogen and oxygen atoms in total. The van der Waals surface area contributed by atoms with E-state index in [4.69, 9.17) is 4.74 Å². The predicted octanol–water partition coefficient (Wildman–Crippen LogP) is 2.68. The second-order valence-electron chi connectivity index (χ2n) is 5.67. The van der Waals surface area contributed by atoms with E-state index in [9.17, 15) is 4.79 Å². The Balaban J connectivity index is 1.48. The first-order valence-electron chi connectivity index (χ1n) is 7.98. The molecule has 0 aliphatic carbocycles. The number of ether oxygens (including phenoxy) is 1. The molecule has 1 amide bonds. The maximum Gasteiger partial charge on any atom is 0.241 e. The summed E-state index contributed by atoms with van der Waals surface area (Å²) < 4.78 is 6.80. The number of carbonyl (C=O) groups is 1. The van der Waals surface area contributed by atoms with Crippen LogP contribution in [0.5, 0.6) is 5.75 Å². The van der Waals surface area contributed by atoms with Crippen molar-refractivity contribution >= 4 is 17.2 Å². The van der Waals surface area contributed by atoms with Crippen molar-refractivity contribution < 1.29 is 9.53 Å². The van der Waals surface area contributed by atoms with Crippen LogP contribution in [0.25, 0.3) is 11.3 Å². The Hall–Kier alpha value is -2.67. The predicted molar refractivity (Wildman–Crippen MR) is 97.8 cm³/mol. The van der Waals surface area contributed by atoms with Gasteiger partial charge in [-0.05, 0) is 36.8 Å². The molecule has 0 aliphatic rings. The van der Waals surface area contributed by atoms with Gasteiger partial charge in [-0.2, -0.15) is 5.10 Å². The molecule has 0 bridgehead atoms. The number of methoxy groups -OCH3 is 1. The van der Waals surface area contributed by atoms with Gasteiger partial charge in [-0.3, -0.25) is 9.48 Å². The zero-order valence-corrected chi connectivity index (χ0v) is 15.0. The largest absolute Gasteiger partial charge is 0.497 e. The molecule has 3 aromatic rings. The number of nitrogens with zero attached hydrogens (tertiary/aromatic N) is 3. The first-order valence-corrected chi connectivity index (χ1v) is 8.86. The van der Waals surface area contributed by atoms with Gasteiger partial charge < -0.3 is 10.1 Å². The van der Waals surface area contributed by atoms with Gasteiger partial charge in [-0.1, -0.05) is 0 Å². The molecule has 2 heterocycles. The SMILES string of the molecule is COc1ccc(-c2csc(CCNC(=O)Cn3cc(C)cn3)n2)cc1. The normalized spacial score (nSPS) is 10.6. The molecule has 7 heteroatoms. The monoisotopic (exact) mass is 356 g/mol. The van der Waals surface area contributed by atoms with Crippen LogP contribution < -0.4 is 10.1 Å². The Morgan fingerprint density at radius 3 is 2.80 bits per heavy atom. The molecular formula is C18H20N4O2S. The van der Waals surface area contributed by atoms with Gasteiger partial charge in [0.05, 0.1) is 24.0 Å². The fourth-order valence-corrected chi connectivity index (χ4v) is 3.19. The first-order chi connectivity index (χ1) is 12.1. The van der Waals surface area contributed by atoms with E-state index in [-0.39, 0.29) is 12.5 Å². The number of aromatic nitrogens is 3. The van der Waals surface area contributed by atoms with Gasteiger partial charge in [-0.15, -0.1) is 11.3 Å². The number of amides is 1. The lowest BCUT2D eigenvalue weighted by Crippen LogP contribution is -2.29. The second-order valence-corrected chi connectivity index (χ2v) is 6.61. The van der Waals surface area contributed by atoms with Gasteiger partial charge in [-0.25, -0.2) is 4.98 Å². The zero-order chi connectivity index (χ0) is 17.6. The van der Waals surface area contributed by atoms with E-state index in [1.54, 1.807) is 29.3 Å². The number of rotatable bonds is 7. The molecule has 25 heavy (non-hydrogen) atoms. The van der Waals surface area contributed by atoms with Crippen molar-refractivity contribution in [3.8, 4) is 17.0 Å². The highest BCUT2D eigenvalue weighted by Gasteiger charge is 2.07. The number of carbonyl (C=O) groups excluding carboxylic acids is 1. The first kappa shape index (κ1) is 17.2. The summed E-state index contributed by atoms with van der Waals surface area (Å²) in [7, 11) is 1.65. The van der Waals surface area contributed by atoms with Crippen LogP contribution >= 0.6 is 11.3 Å². The maximum absolute atomic E-state index is 11.9. The van der Waals surface area contributed by atoms with Crippen LogP contribution in [-0.4, -0.2) is 34.3 Å². The lowest BCUT2D eigenvalue weighted by atomic mass is 10.2. The molecule has 130 valence electrons. The van der Waals surface area contributed by atoms with Gasteiger partial charge in [0.15, 0.2) is 0 Å². The van der Waals surface area contributed by atoms with Crippen molar-refractivity contribution in [2.24, 2.45) is 0 Å². The van der Waals surface area contributed by atoms with Crippen LogP contribution in [0.15, 0.2) is 42.0 Å². The van der Waals surface area contributed by atoms with Gasteiger partial charge in [0, 0.05) is 30.1 Å². The third kappa shape index (κ3) is 4.67. The van der Waals surface area contributed by atoms with Crippen LogP contribution in [0.4, 0.5) is 0 Å². The number of hydrogen-bond donors (Lipinski definition) is 1. The van der Waals surface area contributed by atoms with Crippen molar-refractivity contribution in [3.05, 3.63) is 52.6 Å². The average Bonchev–Trinajstić information content (AvgIpc) is 3.24. The number of hydrogen-bond acceptors (Lipinski definition) is 5. The van der Waals surface area contributed by atoms with E-state index in [2.05, 4.69) is 15.4 Å². The summed E-state index contributed by atoms with van der Waals surface area (Å²) in [4.78, 5) is 16.5. The Morgan fingerprint density at radius 1 is 1.32 bits per heavy atom. The van der Waals surface area contributed by atoms with E-state index in [1.807, 2.05) is 42.8 Å². The zero-order valence-electron chi connectivity index (χ0n) is 14.2. The minimum Gasteiger partial charge on any atom is -0.497 e. The summed E-state index contributed by atoms with van der Waals surface area (Å²) in [5.41, 5.74) is 3.05. The summed E-state index contributed by atoms with van der Waals surface area (Å²) >= 11 is 1.60. The number of nitrogens with one attached hydrogen (secondary N) is 1. The molecule has 2 aromatic heterocycles. The van der Waals surface area contributed by atoms with Crippen molar-refractivity contribution in [3.63, 3.8) is 0 Å². The van der Waals surface area contributed by atoms with Crippen molar-refractivity contribution in [1.82, 2.24) is 20.1 Å². The van der Waals surface area contributed by atoms with Crippen LogP contribution in [0.2, 0.25) is 0 Å². The van der Waals surface area contributed by atoms with Gasteiger partial charge >= 0.3 is 0 Å². The van der Waals surface area contributed by atoms with Gasteiger partial charge in [0.1, 0.15) is 12.3 Å². The third-order valence-electron chi connectivity index (χ3n) is 3.67. The van der Waals surface area contributed by atoms with Gasteiger partial charge in [0.25, 0.3) is 0 Å². The molecule has 0 saturated carbocycles. The minimum atomic E-state index is -0.0463. The van der Waals surface area contributed by atoms with Crippen molar-refractivity contribution in [2.75, 3.05) is 13.7 Å². The smallest absolute Gasteiger partial charge is 0.241 e. The third-order valence-corrected chi connectivity index (χ3v) is 4.58. The van der Waals surface area contributed by atoms with E-state index >= 15 is 0 Å². The highest BCUT2D eigenvalue weighted by atomic mass is 32.1. The highest BCUT2D eigenvalue weighted by Crippen LogP contribution is 2.24. The lowest BCUT2D eigenvalue weighted by Gasteiger charge is -2.04. The summed E-state index contributed by atoms with van der Waals surface area (Å²) in [6.07, 6.45) is 4.30. The van der Waals surface area contributed by atoms with Crippen molar-refractivity contribution in [1.29, 1.82) is 0 Å². The van der Waals surface area contributed by atoms with Gasteiger partial charge in [0.2, 0.25) is 5.91 Å². The Labute approximate surface area is 150 Å². The van der Waals surface area contributed by atoms with Crippen LogP contribution in [0, 0.1) is 6.92 Å². The maximum atomic E-state index is 11.9. The minimum absolute atomic E-state index is 0.0463. The van der Waals surface area contributed by atoms with Crippen LogP contribution in [-0.2, 0) is 17.8 Å². The molecule has 0 unspecified atom stereocenters. The molecule has 3 rings (SSSR count). The number of aryl methyl sites for hydroxylation is 1. The van der Waals surface area contributed by atoms with E-state index < -0.39 is 0 Å². The fourth-order valence-electron chi connectivity index (χ4n) is 2.39. The summed E-state index contributed by atoms with van der Waals surface area (Å²) in [6.45, 7) is 2.75. The Kier molecular flexibility index (Phi) is 5.45. The van der Waals surface area contributed by atoms with E-state index in [0.717, 1.165) is 27.6 Å². The Morgan fingerprint density at radius 2 is 2.12 bits per heavy atom. The molecule has 0 spiro atoms. The quantitative estimate of drug-likeness (QED) is 0.707. The summed E-state index contributed by atoms with van der Waals surface area (Å²) in [5, 5.41) is 10.0. The van der Waals surface area contributed by atoms with E-state index in [0.29, 0.717) is 13.0 Å². The second kappa shape index (κ2) is 7.94. The molecule has 0 fully saturated rings. The standard InChI is InChI=1S/C18H20N4O2S/c1-13-9-20-22(10-13)11-17(23)19-8-7-18-21-16(12-25-18)14-3-5-15(24-2)6-4-14/h3-6,9-10,12H,7-8,11H2,1-2H3,(H,19,23). The topological polar surface area (TPSA) is 69.0 Å². The Bertz CT molecular complexity index is 839. The molecule has 0 atom stereocenters. The molecule has 0 saturated heterocycles.